The summed E-state index contributed by atoms with van der Waals surface area (Å²) in [7, 11) is 0. The van der Waals surface area contributed by atoms with E-state index in [9.17, 15) is 9.18 Å². The number of nitrogens with zero attached hydrogens (tertiary/aromatic N) is 2. The Morgan fingerprint density at radius 1 is 1.28 bits per heavy atom. The number of rotatable bonds is 1. The number of amides is 1. The minimum Gasteiger partial charge on any atom is -0.345 e. The van der Waals surface area contributed by atoms with Gasteiger partial charge in [0.2, 0.25) is 0 Å². The van der Waals surface area contributed by atoms with Crippen molar-refractivity contribution in [2.45, 2.75) is 19.3 Å². The number of piperidine rings is 1. The summed E-state index contributed by atoms with van der Waals surface area (Å²) in [4.78, 5) is 20.8. The van der Waals surface area contributed by atoms with E-state index >= 15 is 0 Å². The van der Waals surface area contributed by atoms with Crippen molar-refractivity contribution in [2.24, 2.45) is 0 Å². The number of likely N-dealkylation sites (tertiary alicyclic amines) is 1. The van der Waals surface area contributed by atoms with Gasteiger partial charge in [0.05, 0.1) is 22.9 Å². The Balaban J connectivity index is 1.96. The topological polar surface area (TPSA) is 49.0 Å². The van der Waals surface area contributed by atoms with Crippen LogP contribution in [0.4, 0.5) is 4.39 Å². The third-order valence-electron chi connectivity index (χ3n) is 3.38. The van der Waals surface area contributed by atoms with Crippen molar-refractivity contribution in [2.75, 3.05) is 13.1 Å². The van der Waals surface area contributed by atoms with Crippen molar-refractivity contribution >= 4 is 16.9 Å². The standard InChI is InChI=1S/C13H14FN3O/c14-10-7-12-11(15-8-16-12)6-9(10)13(18)17-4-2-1-3-5-17/h6-8H,1-5H2,(H,15,16). The Morgan fingerprint density at radius 3 is 2.83 bits per heavy atom. The van der Waals surface area contributed by atoms with Crippen LogP contribution in [0, 0.1) is 5.82 Å². The van der Waals surface area contributed by atoms with Gasteiger partial charge < -0.3 is 9.88 Å². The molecule has 18 heavy (non-hydrogen) atoms. The largest absolute Gasteiger partial charge is 0.345 e. The van der Waals surface area contributed by atoms with E-state index in [2.05, 4.69) is 9.97 Å². The molecule has 1 N–H and O–H groups in total. The van der Waals surface area contributed by atoms with Crippen LogP contribution in [0.3, 0.4) is 0 Å². The summed E-state index contributed by atoms with van der Waals surface area (Å²) in [5.74, 6) is -0.709. The van der Waals surface area contributed by atoms with Crippen molar-refractivity contribution in [1.82, 2.24) is 14.9 Å². The molecule has 0 unspecified atom stereocenters. The summed E-state index contributed by atoms with van der Waals surface area (Å²) in [5.41, 5.74) is 1.36. The predicted molar refractivity (Wildman–Crippen MR) is 65.8 cm³/mol. The number of benzene rings is 1. The van der Waals surface area contributed by atoms with Gasteiger partial charge in [-0.3, -0.25) is 4.79 Å². The highest BCUT2D eigenvalue weighted by Gasteiger charge is 2.21. The van der Waals surface area contributed by atoms with E-state index in [-0.39, 0.29) is 11.5 Å². The second-order valence-electron chi connectivity index (χ2n) is 4.60. The molecule has 0 bridgehead atoms. The molecule has 1 aromatic heterocycles. The lowest BCUT2D eigenvalue weighted by molar-refractivity contribution is 0.0720. The molecule has 4 nitrogen and oxygen atoms in total. The second kappa shape index (κ2) is 4.40. The highest BCUT2D eigenvalue weighted by molar-refractivity contribution is 5.97. The highest BCUT2D eigenvalue weighted by atomic mass is 19.1. The van der Waals surface area contributed by atoms with Gasteiger partial charge in [-0.25, -0.2) is 9.37 Å². The monoisotopic (exact) mass is 247 g/mol. The van der Waals surface area contributed by atoms with Gasteiger partial charge in [-0.2, -0.15) is 0 Å². The number of carbonyl (C=O) groups excluding carboxylic acids is 1. The minimum absolute atomic E-state index is 0.122. The molecular weight excluding hydrogens is 233 g/mol. The summed E-state index contributed by atoms with van der Waals surface area (Å²) in [6, 6.07) is 2.86. The first-order valence-electron chi connectivity index (χ1n) is 6.17. The van der Waals surface area contributed by atoms with E-state index in [1.165, 1.54) is 18.5 Å². The predicted octanol–water partition coefficient (Wildman–Crippen LogP) is 2.33. The van der Waals surface area contributed by atoms with Gasteiger partial charge >= 0.3 is 0 Å². The number of imidazole rings is 1. The molecule has 0 atom stereocenters. The third-order valence-corrected chi connectivity index (χ3v) is 3.38. The van der Waals surface area contributed by atoms with Crippen LogP contribution in [-0.4, -0.2) is 33.9 Å². The zero-order valence-corrected chi connectivity index (χ0v) is 9.95. The molecule has 0 spiro atoms. The number of H-pyrrole nitrogens is 1. The van der Waals surface area contributed by atoms with Gasteiger partial charge in [0.25, 0.3) is 5.91 Å². The van der Waals surface area contributed by atoms with Crippen molar-refractivity contribution in [3.05, 3.63) is 29.8 Å². The van der Waals surface area contributed by atoms with Crippen LogP contribution in [-0.2, 0) is 0 Å². The van der Waals surface area contributed by atoms with E-state index < -0.39 is 5.82 Å². The number of nitrogens with one attached hydrogen (secondary N) is 1. The molecule has 5 heteroatoms. The van der Waals surface area contributed by atoms with E-state index in [1.54, 1.807) is 4.90 Å². The number of carbonyl (C=O) groups is 1. The first kappa shape index (κ1) is 11.2. The Bertz CT molecular complexity index is 587. The highest BCUT2D eigenvalue weighted by Crippen LogP contribution is 2.19. The molecule has 94 valence electrons. The Kier molecular flexibility index (Phi) is 2.74. The van der Waals surface area contributed by atoms with E-state index in [0.29, 0.717) is 11.0 Å². The van der Waals surface area contributed by atoms with Crippen LogP contribution in [0.15, 0.2) is 18.5 Å². The maximum absolute atomic E-state index is 13.9. The molecule has 1 amide bonds. The lowest BCUT2D eigenvalue weighted by Gasteiger charge is -2.26. The minimum atomic E-state index is -0.484. The summed E-state index contributed by atoms with van der Waals surface area (Å²) >= 11 is 0. The van der Waals surface area contributed by atoms with E-state index in [4.69, 9.17) is 0 Å². The lowest BCUT2D eigenvalue weighted by Crippen LogP contribution is -2.36. The van der Waals surface area contributed by atoms with Crippen LogP contribution >= 0.6 is 0 Å². The molecule has 1 saturated heterocycles. The first-order chi connectivity index (χ1) is 8.75. The maximum Gasteiger partial charge on any atom is 0.256 e. The molecule has 0 radical (unpaired) electrons. The van der Waals surface area contributed by atoms with Crippen molar-refractivity contribution in [3.63, 3.8) is 0 Å². The van der Waals surface area contributed by atoms with Crippen LogP contribution in [0.5, 0.6) is 0 Å². The van der Waals surface area contributed by atoms with Crippen molar-refractivity contribution in [1.29, 1.82) is 0 Å². The molecule has 1 aliphatic rings. The van der Waals surface area contributed by atoms with Gasteiger partial charge in [0, 0.05) is 19.2 Å². The van der Waals surface area contributed by atoms with E-state index in [1.807, 2.05) is 0 Å². The number of hydrogen-bond donors (Lipinski definition) is 1. The van der Waals surface area contributed by atoms with E-state index in [0.717, 1.165) is 32.4 Å². The van der Waals surface area contributed by atoms with Gasteiger partial charge in [-0.15, -0.1) is 0 Å². The zero-order chi connectivity index (χ0) is 12.5. The number of hydrogen-bond acceptors (Lipinski definition) is 2. The van der Waals surface area contributed by atoms with Crippen LogP contribution in [0.25, 0.3) is 11.0 Å². The fourth-order valence-electron chi connectivity index (χ4n) is 2.39. The normalized spacial score (nSPS) is 16.2. The molecule has 1 fully saturated rings. The van der Waals surface area contributed by atoms with Gasteiger partial charge in [0.1, 0.15) is 5.82 Å². The maximum atomic E-state index is 13.9. The Morgan fingerprint density at radius 2 is 2.06 bits per heavy atom. The van der Waals surface area contributed by atoms with Gasteiger partial charge in [0.15, 0.2) is 0 Å². The molecule has 0 saturated carbocycles. The molecule has 2 heterocycles. The average molecular weight is 247 g/mol. The number of aromatic amines is 1. The summed E-state index contributed by atoms with van der Waals surface area (Å²) in [6.07, 6.45) is 4.64. The lowest BCUT2D eigenvalue weighted by atomic mass is 10.1. The molecular formula is C13H14FN3O. The number of halogens is 1. The second-order valence-corrected chi connectivity index (χ2v) is 4.60. The van der Waals surface area contributed by atoms with Crippen LogP contribution in [0.2, 0.25) is 0 Å². The molecule has 1 aliphatic heterocycles. The molecule has 0 aliphatic carbocycles. The quantitative estimate of drug-likeness (QED) is 0.840. The third kappa shape index (κ3) is 1.85. The molecule has 2 aromatic rings. The van der Waals surface area contributed by atoms with Gasteiger partial charge in [-0.05, 0) is 25.3 Å². The molecule has 3 rings (SSSR count). The number of aromatic nitrogens is 2. The fraction of sp³-hybridized carbons (Fsp3) is 0.385. The Hall–Kier alpha value is -1.91. The summed E-state index contributed by atoms with van der Waals surface area (Å²) in [6.45, 7) is 1.44. The summed E-state index contributed by atoms with van der Waals surface area (Å²) in [5, 5.41) is 0. The number of fused-ring (bicyclic) bond motifs is 1. The van der Waals surface area contributed by atoms with Crippen molar-refractivity contribution < 1.29 is 9.18 Å². The SMILES string of the molecule is O=C(c1cc2nc[nH]c2cc1F)N1CCCCC1. The van der Waals surface area contributed by atoms with Crippen LogP contribution < -0.4 is 0 Å². The zero-order valence-electron chi connectivity index (χ0n) is 9.95. The van der Waals surface area contributed by atoms with Crippen molar-refractivity contribution in [3.8, 4) is 0 Å². The Labute approximate surface area is 104 Å². The van der Waals surface area contributed by atoms with Gasteiger partial charge in [-0.1, -0.05) is 0 Å². The summed E-state index contributed by atoms with van der Waals surface area (Å²) < 4.78 is 13.9. The van der Waals surface area contributed by atoms with Crippen LogP contribution in [0.1, 0.15) is 29.6 Å². The fourth-order valence-corrected chi connectivity index (χ4v) is 2.39. The molecule has 1 aromatic carbocycles. The average Bonchev–Trinajstić information content (AvgIpc) is 2.85. The smallest absolute Gasteiger partial charge is 0.256 e. The first-order valence-corrected chi connectivity index (χ1v) is 6.17.